The van der Waals surface area contributed by atoms with Crippen LogP contribution in [0.4, 0.5) is 0 Å². The third-order valence-corrected chi connectivity index (χ3v) is 0. The van der Waals surface area contributed by atoms with Gasteiger partial charge in [-0.3, -0.25) is 0 Å². The molecule has 0 saturated heterocycles. The average molecular weight is 145 g/mol. The summed E-state index contributed by atoms with van der Waals surface area (Å²) in [7, 11) is 1.81. The second-order valence-electron chi connectivity index (χ2n) is 0.217. The van der Waals surface area contributed by atoms with Gasteiger partial charge in [-0.15, -0.1) is 0 Å². The van der Waals surface area contributed by atoms with Gasteiger partial charge in [-0.1, -0.05) is 0 Å². The van der Waals surface area contributed by atoms with Gasteiger partial charge in [-0.2, -0.15) is 0 Å². The predicted molar refractivity (Wildman–Crippen MR) is 24.4 cm³/mol. The minimum absolute atomic E-state index is 1.33. The summed E-state index contributed by atoms with van der Waals surface area (Å²) in [5.41, 5.74) is 0. The van der Waals surface area contributed by atoms with Crippen molar-refractivity contribution < 1.29 is 13.0 Å². The Labute approximate surface area is 49.7 Å². The van der Waals surface area contributed by atoms with E-state index in [-0.39, 0.29) is 0 Å². The molecule has 0 amide bonds. The maximum absolute atomic E-state index is 8.56. The maximum atomic E-state index is 8.56. The van der Waals surface area contributed by atoms with Crippen LogP contribution in [0.25, 0.3) is 0 Å². The molecule has 0 aromatic rings. The Morgan fingerprint density at radius 3 is 1.50 bits per heavy atom. The Morgan fingerprint density at radius 2 is 1.50 bits per heavy atom. The Balaban J connectivity index is 0. The minimum atomic E-state index is -2.86. The monoisotopic (exact) mass is 144 g/mol. The number of rotatable bonds is 0. The third-order valence-electron chi connectivity index (χ3n) is 0. The van der Waals surface area contributed by atoms with Crippen molar-refractivity contribution in [1.82, 2.24) is 0 Å². The van der Waals surface area contributed by atoms with Gasteiger partial charge in [0.25, 0.3) is 0 Å². The zero-order valence-electron chi connectivity index (χ0n) is 2.76. The van der Waals surface area contributed by atoms with Gasteiger partial charge in [0.1, 0.15) is 0 Å². The first kappa shape index (κ1) is 9.88. The van der Waals surface area contributed by atoms with Gasteiger partial charge >= 0.3 is 25.4 Å². The second-order valence-corrected chi connectivity index (χ2v) is 0.651. The van der Waals surface area contributed by atoms with Crippen molar-refractivity contribution in [2.75, 3.05) is 0 Å². The number of hydrogen-bond donors (Lipinski definition) is 1. The van der Waals surface area contributed by atoms with E-state index in [2.05, 4.69) is 10.0 Å². The molecule has 0 unspecified atom stereocenters. The van der Waals surface area contributed by atoms with Crippen LogP contribution in [0.2, 0.25) is 0 Å². The molecular formula is H2AlClO3S. The van der Waals surface area contributed by atoms with Crippen LogP contribution in [0.1, 0.15) is 0 Å². The first-order valence-corrected chi connectivity index (χ1v) is 3.95. The number of hydrogen-bond acceptors (Lipinski definition) is 3. The molecule has 0 heterocycles. The molecule has 0 aromatic heterocycles. The zero-order valence-corrected chi connectivity index (χ0v) is 5.74. The molecule has 0 radical (unpaired) electrons. The van der Waals surface area contributed by atoms with Crippen LogP contribution in [0.3, 0.4) is 0 Å². The molecule has 3 nitrogen and oxygen atoms in total. The van der Waals surface area contributed by atoms with E-state index >= 15 is 0 Å². The van der Waals surface area contributed by atoms with Gasteiger partial charge in [0.2, 0.25) is 0 Å². The molecule has 0 fully saturated rings. The molecule has 36 valence electrons. The normalized spacial score (nSPS) is 6.33. The van der Waals surface area contributed by atoms with E-state index in [0.29, 0.717) is 0 Å². The second kappa shape index (κ2) is 9.22. The topological polar surface area (TPSA) is 54.4 Å². The van der Waals surface area contributed by atoms with E-state index in [4.69, 9.17) is 13.0 Å². The SMILES string of the molecule is O=[S-](=O)O.[AlH+][Cl]. The molecule has 0 spiro atoms. The Kier molecular flexibility index (Phi) is 15.2. The van der Waals surface area contributed by atoms with Crippen molar-refractivity contribution in [3.05, 3.63) is 0 Å². The summed E-state index contributed by atoms with van der Waals surface area (Å²) in [6.45, 7) is 0. The summed E-state index contributed by atoms with van der Waals surface area (Å²) in [6, 6.07) is 0. The van der Waals surface area contributed by atoms with E-state index in [1.54, 1.807) is 0 Å². The molecule has 0 aliphatic heterocycles. The van der Waals surface area contributed by atoms with E-state index in [0.717, 1.165) is 0 Å². The standard InChI is InChI=1S/Al.ClH.HO3S.H/c;;1-4(2)3;/h;1H;(H,1,2,3);/q+2;;-1;/p-1. The van der Waals surface area contributed by atoms with Gasteiger partial charge in [-0.25, -0.2) is 0 Å². The number of halogens is 1. The molecule has 0 aliphatic carbocycles. The molecule has 0 atom stereocenters. The van der Waals surface area contributed by atoms with Crippen LogP contribution in [0, 0.1) is 0 Å². The molecule has 0 bridgehead atoms. The fraction of sp³-hybridized carbons (Fsp3) is 0. The van der Waals surface area contributed by atoms with Gasteiger partial charge in [-0.05, 0) is 0 Å². The first-order valence-electron chi connectivity index (χ1n) is 0.783. The van der Waals surface area contributed by atoms with Crippen molar-refractivity contribution in [3.63, 3.8) is 0 Å². The van der Waals surface area contributed by atoms with E-state index in [9.17, 15) is 0 Å². The van der Waals surface area contributed by atoms with Crippen LogP contribution in [0.5, 0.6) is 0 Å². The summed E-state index contributed by atoms with van der Waals surface area (Å²) in [4.78, 5) is 0. The fourth-order valence-electron chi connectivity index (χ4n) is 0. The van der Waals surface area contributed by atoms with Crippen LogP contribution in [0.15, 0.2) is 0 Å². The molecule has 0 saturated carbocycles. The van der Waals surface area contributed by atoms with Gasteiger partial charge in [0, 0.05) is 11.0 Å². The first-order chi connectivity index (χ1) is 2.73. The van der Waals surface area contributed by atoms with Crippen LogP contribution < -0.4 is 0 Å². The Morgan fingerprint density at radius 1 is 1.50 bits per heavy atom. The summed E-state index contributed by atoms with van der Waals surface area (Å²) >= 11 is 1.33. The zero-order chi connectivity index (χ0) is 5.58. The van der Waals surface area contributed by atoms with Crippen LogP contribution in [-0.2, 0) is 19.4 Å². The van der Waals surface area contributed by atoms with E-state index in [1.807, 2.05) is 0 Å². The summed E-state index contributed by atoms with van der Waals surface area (Å²) < 4.78 is 24.1. The fourth-order valence-corrected chi connectivity index (χ4v) is 0. The van der Waals surface area contributed by atoms with E-state index in [1.165, 1.54) is 15.4 Å². The molecule has 6 heavy (non-hydrogen) atoms. The van der Waals surface area contributed by atoms with Gasteiger partial charge in [0.05, 0.1) is 0 Å². The molecule has 1 N–H and O–H groups in total. The van der Waals surface area contributed by atoms with Crippen LogP contribution >= 0.6 is 10.0 Å². The van der Waals surface area contributed by atoms with Crippen molar-refractivity contribution in [1.29, 1.82) is 0 Å². The van der Waals surface area contributed by atoms with Crippen LogP contribution in [-0.4, -0.2) is 19.9 Å². The summed E-state index contributed by atoms with van der Waals surface area (Å²) in [6.07, 6.45) is 0. The molecule has 0 aromatic carbocycles. The summed E-state index contributed by atoms with van der Waals surface area (Å²) in [5, 5.41) is 0. The van der Waals surface area contributed by atoms with Crippen molar-refractivity contribution in [2.24, 2.45) is 0 Å². The predicted octanol–water partition coefficient (Wildman–Crippen LogP) is -0.190. The average Bonchev–Trinajstić information content (AvgIpc) is 1.41. The van der Waals surface area contributed by atoms with Gasteiger partial charge in [0.15, 0.2) is 0 Å². The molecule has 6 heteroatoms. The van der Waals surface area contributed by atoms with E-state index < -0.39 is 11.0 Å². The van der Waals surface area contributed by atoms with Crippen molar-refractivity contribution in [2.45, 2.75) is 0 Å². The van der Waals surface area contributed by atoms with Crippen molar-refractivity contribution in [3.8, 4) is 0 Å². The Bertz CT molecular complexity index is 59.2. The quantitative estimate of drug-likeness (QED) is 0.222. The molecule has 0 aliphatic rings. The van der Waals surface area contributed by atoms with Crippen molar-refractivity contribution >= 4 is 36.4 Å². The molecular weight excluding hydrogens is 142 g/mol. The Hall–Kier alpha value is 0.732. The van der Waals surface area contributed by atoms with Gasteiger partial charge < -0.3 is 13.0 Å². The summed E-state index contributed by atoms with van der Waals surface area (Å²) in [5.74, 6) is 0. The third kappa shape index (κ3) is 123. The molecule has 0 rings (SSSR count).